The van der Waals surface area contributed by atoms with E-state index in [1.54, 1.807) is 20.8 Å². The predicted molar refractivity (Wildman–Crippen MR) is 64.7 cm³/mol. The Balaban J connectivity index is 2.20. The van der Waals surface area contributed by atoms with Gasteiger partial charge in [-0.15, -0.1) is 0 Å². The van der Waals surface area contributed by atoms with E-state index in [4.69, 9.17) is 26.7 Å². The van der Waals surface area contributed by atoms with E-state index >= 15 is 0 Å². The van der Waals surface area contributed by atoms with Crippen LogP contribution in [0.1, 0.15) is 27.2 Å². The summed E-state index contributed by atoms with van der Waals surface area (Å²) >= 11 is 0. The van der Waals surface area contributed by atoms with Crippen LogP contribution in [0.4, 0.5) is 0 Å². The number of nitrogens with zero attached hydrogens (tertiary/aromatic N) is 3. The molecule has 0 N–H and O–H groups in total. The minimum Gasteiger partial charge on any atom is -0.345 e. The summed E-state index contributed by atoms with van der Waals surface area (Å²) in [7, 11) is 0. The molecular formula is C12H17N3O4. The summed E-state index contributed by atoms with van der Waals surface area (Å²) in [5, 5.41) is 3.71. The first kappa shape index (κ1) is 14.3. The van der Waals surface area contributed by atoms with Crippen molar-refractivity contribution in [3.63, 3.8) is 0 Å². The van der Waals surface area contributed by atoms with Crippen LogP contribution in [0, 0.1) is 12.8 Å². The molecule has 2 saturated heterocycles. The van der Waals surface area contributed by atoms with Crippen molar-refractivity contribution in [3.05, 3.63) is 17.4 Å². The van der Waals surface area contributed by atoms with E-state index in [-0.39, 0.29) is 12.2 Å². The molecular weight excluding hydrogens is 250 g/mol. The Hall–Kier alpha value is -1.14. The Morgan fingerprint density at radius 1 is 1.53 bits per heavy atom. The Labute approximate surface area is 111 Å². The van der Waals surface area contributed by atoms with E-state index in [0.717, 1.165) is 0 Å². The standard InChI is InChI=1S/C12H17N3O4/c1-5-7(16)6(2)9-8(14-15-13)10-11(17-9)19-12(3,4)18-10/h1,6,8-11H,5H2,2-4H3/t6-,8+,9+,10+,11+/m0/s1. The lowest BCUT2D eigenvalue weighted by atomic mass is 9.92. The van der Waals surface area contributed by atoms with E-state index in [2.05, 4.69) is 10.0 Å². The van der Waals surface area contributed by atoms with Crippen molar-refractivity contribution in [2.75, 3.05) is 0 Å². The van der Waals surface area contributed by atoms with Gasteiger partial charge in [-0.05, 0) is 26.3 Å². The fourth-order valence-electron chi connectivity index (χ4n) is 2.49. The van der Waals surface area contributed by atoms with Gasteiger partial charge in [0.15, 0.2) is 12.1 Å². The van der Waals surface area contributed by atoms with Crippen LogP contribution in [0.2, 0.25) is 0 Å². The van der Waals surface area contributed by atoms with Crippen molar-refractivity contribution in [2.24, 2.45) is 11.0 Å². The van der Waals surface area contributed by atoms with Crippen molar-refractivity contribution in [2.45, 2.75) is 57.5 Å². The lowest BCUT2D eigenvalue weighted by Crippen LogP contribution is -2.38. The zero-order valence-electron chi connectivity index (χ0n) is 11.1. The third kappa shape index (κ3) is 2.60. The second-order valence-electron chi connectivity index (χ2n) is 5.22. The van der Waals surface area contributed by atoms with Gasteiger partial charge in [0.05, 0.1) is 12.1 Å². The Kier molecular flexibility index (Phi) is 3.82. The number of hydrogen-bond acceptors (Lipinski definition) is 5. The van der Waals surface area contributed by atoms with Crippen LogP contribution >= 0.6 is 0 Å². The molecule has 19 heavy (non-hydrogen) atoms. The van der Waals surface area contributed by atoms with Crippen LogP contribution in [0.15, 0.2) is 5.11 Å². The quantitative estimate of drug-likeness (QED) is 0.441. The molecule has 0 spiro atoms. The number of fused-ring (bicyclic) bond motifs is 1. The molecule has 7 heteroatoms. The van der Waals surface area contributed by atoms with Crippen molar-refractivity contribution < 1.29 is 19.0 Å². The molecule has 2 radical (unpaired) electrons. The summed E-state index contributed by atoms with van der Waals surface area (Å²) in [4.78, 5) is 14.5. The fraction of sp³-hybridized carbons (Fsp3) is 0.833. The summed E-state index contributed by atoms with van der Waals surface area (Å²) in [6.45, 7) is 10.6. The minimum atomic E-state index is -0.787. The summed E-state index contributed by atoms with van der Waals surface area (Å²) in [6, 6.07) is -0.595. The Morgan fingerprint density at radius 3 is 2.79 bits per heavy atom. The van der Waals surface area contributed by atoms with Crippen LogP contribution in [0.25, 0.3) is 10.4 Å². The third-order valence-corrected chi connectivity index (χ3v) is 3.44. The van der Waals surface area contributed by atoms with Crippen LogP contribution in [-0.2, 0) is 19.0 Å². The number of ketones is 1. The van der Waals surface area contributed by atoms with Crippen LogP contribution in [0.5, 0.6) is 0 Å². The first-order valence-corrected chi connectivity index (χ1v) is 6.17. The van der Waals surface area contributed by atoms with Gasteiger partial charge >= 0.3 is 0 Å². The lowest BCUT2D eigenvalue weighted by Gasteiger charge is -2.26. The topological polar surface area (TPSA) is 93.5 Å². The fourth-order valence-corrected chi connectivity index (χ4v) is 2.49. The van der Waals surface area contributed by atoms with Gasteiger partial charge in [-0.2, -0.15) is 0 Å². The first-order valence-electron chi connectivity index (χ1n) is 6.17. The number of ether oxygens (including phenoxy) is 3. The van der Waals surface area contributed by atoms with Gasteiger partial charge in [0, 0.05) is 17.3 Å². The van der Waals surface area contributed by atoms with Crippen molar-refractivity contribution in [1.82, 2.24) is 0 Å². The number of azide groups is 1. The molecule has 0 aromatic rings. The maximum Gasteiger partial charge on any atom is 0.187 e. The molecule has 0 unspecified atom stereocenters. The van der Waals surface area contributed by atoms with Gasteiger partial charge in [-0.25, -0.2) is 0 Å². The number of carbonyl (C=O) groups excluding carboxylic acids is 1. The SMILES string of the molecule is [CH]CC(=O)[C@H](C)[C@H]1O[C@@H]2OC(C)(C)O[C@@H]2[C@@H]1N=[N+]=[N-]. The molecule has 0 amide bonds. The van der Waals surface area contributed by atoms with Crippen molar-refractivity contribution >= 4 is 5.78 Å². The molecule has 0 aromatic heterocycles. The molecule has 2 aliphatic heterocycles. The number of hydrogen-bond donors (Lipinski definition) is 0. The molecule has 0 saturated carbocycles. The van der Waals surface area contributed by atoms with Crippen LogP contribution in [0.3, 0.4) is 0 Å². The zero-order chi connectivity index (χ0) is 14.2. The molecule has 0 aromatic carbocycles. The maximum atomic E-state index is 11.7. The van der Waals surface area contributed by atoms with Crippen molar-refractivity contribution in [1.29, 1.82) is 0 Å². The Morgan fingerprint density at radius 2 is 2.21 bits per heavy atom. The second kappa shape index (κ2) is 5.09. The average Bonchev–Trinajstić information content (AvgIpc) is 2.81. The lowest BCUT2D eigenvalue weighted by molar-refractivity contribution is -0.210. The zero-order valence-corrected chi connectivity index (χ0v) is 11.1. The van der Waals surface area contributed by atoms with Gasteiger partial charge in [0.25, 0.3) is 0 Å². The molecule has 2 heterocycles. The van der Waals surface area contributed by atoms with Gasteiger partial charge in [0.2, 0.25) is 0 Å². The summed E-state index contributed by atoms with van der Waals surface area (Å²) in [5.41, 5.74) is 8.67. The molecule has 5 atom stereocenters. The maximum absolute atomic E-state index is 11.7. The highest BCUT2D eigenvalue weighted by Gasteiger charge is 2.56. The highest BCUT2D eigenvalue weighted by molar-refractivity contribution is 5.81. The normalized spacial score (nSPS) is 37.5. The first-order chi connectivity index (χ1) is 8.89. The molecule has 7 nitrogen and oxygen atoms in total. The van der Waals surface area contributed by atoms with E-state index < -0.39 is 36.2 Å². The van der Waals surface area contributed by atoms with Gasteiger partial charge in [0.1, 0.15) is 11.9 Å². The minimum absolute atomic E-state index is 0.0768. The monoisotopic (exact) mass is 267 g/mol. The molecule has 2 aliphatic rings. The van der Waals surface area contributed by atoms with Gasteiger partial charge in [-0.1, -0.05) is 12.0 Å². The summed E-state index contributed by atoms with van der Waals surface area (Å²) in [6.07, 6.45) is -1.77. The summed E-state index contributed by atoms with van der Waals surface area (Å²) < 4.78 is 16.9. The summed E-state index contributed by atoms with van der Waals surface area (Å²) in [5.74, 6) is -1.41. The molecule has 0 aliphatic carbocycles. The third-order valence-electron chi connectivity index (χ3n) is 3.44. The molecule has 104 valence electrons. The van der Waals surface area contributed by atoms with E-state index in [1.807, 2.05) is 0 Å². The van der Waals surface area contributed by atoms with E-state index in [9.17, 15) is 4.79 Å². The predicted octanol–water partition coefficient (Wildman–Crippen LogP) is 1.85. The molecule has 2 fully saturated rings. The van der Waals surface area contributed by atoms with E-state index in [0.29, 0.717) is 0 Å². The molecule has 2 rings (SSSR count). The molecule has 0 bridgehead atoms. The second-order valence-corrected chi connectivity index (χ2v) is 5.22. The van der Waals surface area contributed by atoms with Gasteiger partial charge in [-0.3, -0.25) is 4.79 Å². The smallest absolute Gasteiger partial charge is 0.187 e. The Bertz CT molecular complexity index is 419. The number of Topliss-reactive ketones (excluding diaryl/α,β-unsaturated/α-hetero) is 1. The number of rotatable bonds is 4. The van der Waals surface area contributed by atoms with Crippen LogP contribution in [-0.4, -0.2) is 36.1 Å². The number of carbonyl (C=O) groups is 1. The highest BCUT2D eigenvalue weighted by atomic mass is 16.8. The average molecular weight is 267 g/mol. The largest absolute Gasteiger partial charge is 0.345 e. The van der Waals surface area contributed by atoms with Crippen LogP contribution < -0.4 is 0 Å². The van der Waals surface area contributed by atoms with Crippen molar-refractivity contribution in [3.8, 4) is 0 Å². The highest BCUT2D eigenvalue weighted by Crippen LogP contribution is 2.41. The van der Waals surface area contributed by atoms with E-state index in [1.165, 1.54) is 0 Å². The van der Waals surface area contributed by atoms with Gasteiger partial charge < -0.3 is 14.2 Å².